The van der Waals surface area contributed by atoms with Gasteiger partial charge in [0.2, 0.25) is 0 Å². The lowest BCUT2D eigenvalue weighted by molar-refractivity contribution is 0.591. The molecule has 0 aliphatic heterocycles. The monoisotopic (exact) mass is 260 g/mol. The van der Waals surface area contributed by atoms with Gasteiger partial charge in [0.15, 0.2) is 0 Å². The van der Waals surface area contributed by atoms with Crippen LogP contribution in [0.4, 0.5) is 0 Å². The van der Waals surface area contributed by atoms with Crippen LogP contribution in [0.5, 0.6) is 0 Å². The van der Waals surface area contributed by atoms with Crippen molar-refractivity contribution in [2.75, 3.05) is 6.54 Å². The average Bonchev–Trinajstić information content (AvgIpc) is 2.77. The van der Waals surface area contributed by atoms with Crippen molar-refractivity contribution >= 4 is 11.3 Å². The third kappa shape index (κ3) is 2.98. The van der Waals surface area contributed by atoms with Crippen molar-refractivity contribution in [2.24, 2.45) is 0 Å². The van der Waals surface area contributed by atoms with Crippen molar-refractivity contribution in [1.29, 1.82) is 0 Å². The molecule has 0 saturated heterocycles. The van der Waals surface area contributed by atoms with Gasteiger partial charge in [-0.25, -0.2) is 0 Å². The molecular formula is C15H20N2S. The summed E-state index contributed by atoms with van der Waals surface area (Å²) in [5.74, 6) is 0. The van der Waals surface area contributed by atoms with Crippen LogP contribution in [0.15, 0.2) is 29.6 Å². The first-order chi connectivity index (χ1) is 8.72. The van der Waals surface area contributed by atoms with Crippen LogP contribution in [-0.2, 0) is 0 Å². The predicted octanol–water partition coefficient (Wildman–Crippen LogP) is 3.85. The van der Waals surface area contributed by atoms with E-state index in [4.69, 9.17) is 0 Å². The molecule has 2 aromatic heterocycles. The number of aryl methyl sites for hydroxylation is 2. The first-order valence-electron chi connectivity index (χ1n) is 6.43. The molecule has 1 unspecified atom stereocenters. The normalized spacial score (nSPS) is 12.6. The van der Waals surface area contributed by atoms with Gasteiger partial charge in [-0.05, 0) is 56.0 Å². The number of aromatic nitrogens is 1. The molecule has 1 atom stereocenters. The minimum Gasteiger partial charge on any atom is -0.304 e. The zero-order valence-corrected chi connectivity index (χ0v) is 12.1. The first kappa shape index (κ1) is 13.2. The van der Waals surface area contributed by atoms with Crippen molar-refractivity contribution in [3.8, 4) is 0 Å². The molecule has 0 fully saturated rings. The van der Waals surface area contributed by atoms with E-state index in [9.17, 15) is 0 Å². The maximum absolute atomic E-state index is 4.67. The Balaban J connectivity index is 2.33. The van der Waals surface area contributed by atoms with Gasteiger partial charge >= 0.3 is 0 Å². The average molecular weight is 260 g/mol. The van der Waals surface area contributed by atoms with Crippen molar-refractivity contribution in [1.82, 2.24) is 10.3 Å². The molecule has 0 saturated carbocycles. The second kappa shape index (κ2) is 6.12. The van der Waals surface area contributed by atoms with E-state index in [2.05, 4.69) is 47.7 Å². The molecule has 3 heteroatoms. The fraction of sp³-hybridized carbons (Fsp3) is 0.400. The molecule has 0 radical (unpaired) electrons. The van der Waals surface area contributed by atoms with Crippen LogP contribution in [0, 0.1) is 13.8 Å². The lowest BCUT2D eigenvalue weighted by Crippen LogP contribution is -2.24. The summed E-state index contributed by atoms with van der Waals surface area (Å²) in [5, 5.41) is 5.76. The second-order valence-corrected chi connectivity index (χ2v) is 5.51. The summed E-state index contributed by atoms with van der Waals surface area (Å²) >= 11 is 1.81. The summed E-state index contributed by atoms with van der Waals surface area (Å²) < 4.78 is 0. The second-order valence-electron chi connectivity index (χ2n) is 4.56. The van der Waals surface area contributed by atoms with Crippen molar-refractivity contribution < 1.29 is 0 Å². The third-order valence-electron chi connectivity index (χ3n) is 2.97. The molecule has 0 amide bonds. The Hall–Kier alpha value is -1.19. The van der Waals surface area contributed by atoms with E-state index in [0.29, 0.717) is 0 Å². The summed E-state index contributed by atoms with van der Waals surface area (Å²) in [4.78, 5) is 6.04. The lowest BCUT2D eigenvalue weighted by atomic mass is 10.1. The van der Waals surface area contributed by atoms with Crippen molar-refractivity contribution in [2.45, 2.75) is 33.2 Å². The largest absolute Gasteiger partial charge is 0.304 e. The molecule has 2 nitrogen and oxygen atoms in total. The summed E-state index contributed by atoms with van der Waals surface area (Å²) in [5.41, 5.74) is 3.54. The van der Waals surface area contributed by atoms with E-state index in [1.54, 1.807) is 11.3 Å². The SMILES string of the molecule is CCCNC(c1cccc(C)n1)c1sccc1C. The molecule has 18 heavy (non-hydrogen) atoms. The standard InChI is InChI=1S/C15H20N2S/c1-4-9-16-14(15-11(2)8-10-18-15)13-7-5-6-12(3)17-13/h5-8,10,14,16H,4,9H2,1-3H3. The van der Waals surface area contributed by atoms with E-state index in [0.717, 1.165) is 24.4 Å². The lowest BCUT2D eigenvalue weighted by Gasteiger charge is -2.18. The number of rotatable bonds is 5. The Bertz CT molecular complexity index is 505. The number of hydrogen-bond donors (Lipinski definition) is 1. The van der Waals surface area contributed by atoms with Crippen molar-refractivity contribution in [3.05, 3.63) is 51.5 Å². The zero-order chi connectivity index (χ0) is 13.0. The molecule has 0 bridgehead atoms. The van der Waals surface area contributed by atoms with E-state index in [1.165, 1.54) is 10.4 Å². The Morgan fingerprint density at radius 3 is 2.72 bits per heavy atom. The van der Waals surface area contributed by atoms with Gasteiger partial charge in [0, 0.05) is 10.6 Å². The fourth-order valence-electron chi connectivity index (χ4n) is 2.03. The van der Waals surface area contributed by atoms with Crippen molar-refractivity contribution in [3.63, 3.8) is 0 Å². The minimum atomic E-state index is 0.227. The number of nitrogens with zero attached hydrogens (tertiary/aromatic N) is 1. The topological polar surface area (TPSA) is 24.9 Å². The highest BCUT2D eigenvalue weighted by Crippen LogP contribution is 2.28. The maximum Gasteiger partial charge on any atom is 0.0847 e. The molecular weight excluding hydrogens is 240 g/mol. The van der Waals surface area contributed by atoms with E-state index in [-0.39, 0.29) is 6.04 Å². The Labute approximate surface area is 113 Å². The molecule has 0 spiro atoms. The predicted molar refractivity (Wildman–Crippen MR) is 78.2 cm³/mol. The molecule has 0 aliphatic carbocycles. The molecule has 0 aromatic carbocycles. The zero-order valence-electron chi connectivity index (χ0n) is 11.2. The highest BCUT2D eigenvalue weighted by atomic mass is 32.1. The van der Waals surface area contributed by atoms with Gasteiger partial charge in [0.25, 0.3) is 0 Å². The van der Waals surface area contributed by atoms with E-state index < -0.39 is 0 Å². The van der Waals surface area contributed by atoms with Crippen LogP contribution in [0.25, 0.3) is 0 Å². The van der Waals surface area contributed by atoms with Crippen LogP contribution < -0.4 is 5.32 Å². The third-order valence-corrected chi connectivity index (χ3v) is 4.05. The minimum absolute atomic E-state index is 0.227. The van der Waals surface area contributed by atoms with E-state index >= 15 is 0 Å². The van der Waals surface area contributed by atoms with Crippen LogP contribution in [0.1, 0.15) is 41.2 Å². The molecule has 2 rings (SSSR count). The smallest absolute Gasteiger partial charge is 0.0847 e. The van der Waals surface area contributed by atoms with Gasteiger partial charge in [-0.1, -0.05) is 13.0 Å². The Kier molecular flexibility index (Phi) is 4.50. The number of thiophene rings is 1. The quantitative estimate of drug-likeness (QED) is 0.883. The van der Waals surface area contributed by atoms with Gasteiger partial charge in [-0.3, -0.25) is 4.98 Å². The Morgan fingerprint density at radius 1 is 1.28 bits per heavy atom. The fourth-order valence-corrected chi connectivity index (χ4v) is 3.04. The summed E-state index contributed by atoms with van der Waals surface area (Å²) in [6.07, 6.45) is 1.13. The van der Waals surface area contributed by atoms with Gasteiger partial charge in [-0.15, -0.1) is 11.3 Å². The summed E-state index contributed by atoms with van der Waals surface area (Å²) in [6, 6.07) is 8.64. The molecule has 0 aliphatic rings. The van der Waals surface area contributed by atoms with Gasteiger partial charge < -0.3 is 5.32 Å². The summed E-state index contributed by atoms with van der Waals surface area (Å²) in [6.45, 7) is 7.41. The summed E-state index contributed by atoms with van der Waals surface area (Å²) in [7, 11) is 0. The maximum atomic E-state index is 4.67. The van der Waals surface area contributed by atoms with Gasteiger partial charge in [0.05, 0.1) is 11.7 Å². The van der Waals surface area contributed by atoms with Gasteiger partial charge in [-0.2, -0.15) is 0 Å². The first-order valence-corrected chi connectivity index (χ1v) is 7.31. The molecule has 1 N–H and O–H groups in total. The molecule has 2 aromatic rings. The Morgan fingerprint density at radius 2 is 2.11 bits per heavy atom. The van der Waals surface area contributed by atoms with Crippen LogP contribution in [-0.4, -0.2) is 11.5 Å². The van der Waals surface area contributed by atoms with Crippen LogP contribution in [0.3, 0.4) is 0 Å². The highest BCUT2D eigenvalue weighted by molar-refractivity contribution is 7.10. The number of pyridine rings is 1. The number of nitrogens with one attached hydrogen (secondary N) is 1. The molecule has 2 heterocycles. The van der Waals surface area contributed by atoms with E-state index in [1.807, 2.05) is 13.0 Å². The number of hydrogen-bond acceptors (Lipinski definition) is 3. The van der Waals surface area contributed by atoms with Crippen LogP contribution >= 0.6 is 11.3 Å². The highest BCUT2D eigenvalue weighted by Gasteiger charge is 2.17. The molecule has 96 valence electrons. The van der Waals surface area contributed by atoms with Crippen LogP contribution in [0.2, 0.25) is 0 Å². The van der Waals surface area contributed by atoms with Gasteiger partial charge in [0.1, 0.15) is 0 Å².